The van der Waals surface area contributed by atoms with Crippen molar-refractivity contribution in [3.05, 3.63) is 23.8 Å². The molecule has 17 heavy (non-hydrogen) atoms. The molecule has 0 fully saturated rings. The van der Waals surface area contributed by atoms with E-state index < -0.39 is 0 Å². The average Bonchev–Trinajstić information content (AvgIpc) is 2.35. The fourth-order valence-corrected chi connectivity index (χ4v) is 1.65. The third-order valence-electron chi connectivity index (χ3n) is 3.06. The van der Waals surface area contributed by atoms with Crippen LogP contribution in [0, 0.1) is 5.92 Å². The molecule has 0 saturated heterocycles. The van der Waals surface area contributed by atoms with E-state index in [1.807, 2.05) is 18.2 Å². The summed E-state index contributed by atoms with van der Waals surface area (Å²) >= 11 is 0. The molecule has 1 rings (SSSR count). The molecule has 98 valence electrons. The number of halogens is 1. The zero-order valence-electron chi connectivity index (χ0n) is 10.9. The number of benzene rings is 1. The van der Waals surface area contributed by atoms with E-state index in [0.29, 0.717) is 5.92 Å². The second kappa shape index (κ2) is 7.41. The third kappa shape index (κ3) is 3.79. The van der Waals surface area contributed by atoms with Gasteiger partial charge in [-0.05, 0) is 12.0 Å². The number of hydrogen-bond acceptors (Lipinski definition) is 3. The molecule has 0 aliphatic carbocycles. The smallest absolute Gasteiger partial charge is 0.127 e. The molecule has 1 aromatic carbocycles. The van der Waals surface area contributed by atoms with Crippen molar-refractivity contribution < 1.29 is 9.47 Å². The molecule has 2 atom stereocenters. The SMILES string of the molecule is CCC(C)[C@H](N)c1ccc(OC)cc1OC.Cl. The Hall–Kier alpha value is -0.930. The molecule has 0 bridgehead atoms. The van der Waals surface area contributed by atoms with Crippen molar-refractivity contribution in [3.63, 3.8) is 0 Å². The van der Waals surface area contributed by atoms with Gasteiger partial charge in [-0.2, -0.15) is 0 Å². The van der Waals surface area contributed by atoms with E-state index in [0.717, 1.165) is 23.5 Å². The van der Waals surface area contributed by atoms with Crippen LogP contribution in [-0.4, -0.2) is 14.2 Å². The van der Waals surface area contributed by atoms with Gasteiger partial charge in [-0.15, -0.1) is 12.4 Å². The van der Waals surface area contributed by atoms with E-state index in [9.17, 15) is 0 Å². The molecule has 1 unspecified atom stereocenters. The van der Waals surface area contributed by atoms with E-state index >= 15 is 0 Å². The molecule has 0 heterocycles. The van der Waals surface area contributed by atoms with Crippen LogP contribution in [0.2, 0.25) is 0 Å². The Labute approximate surface area is 110 Å². The van der Waals surface area contributed by atoms with Gasteiger partial charge in [0.25, 0.3) is 0 Å². The Balaban J connectivity index is 0.00000256. The summed E-state index contributed by atoms with van der Waals surface area (Å²) < 4.78 is 10.5. The minimum absolute atomic E-state index is 0. The zero-order valence-corrected chi connectivity index (χ0v) is 11.7. The largest absolute Gasteiger partial charge is 0.497 e. The predicted octanol–water partition coefficient (Wildman–Crippen LogP) is 3.17. The first-order valence-corrected chi connectivity index (χ1v) is 5.61. The number of hydrogen-bond donors (Lipinski definition) is 1. The Kier molecular flexibility index (Phi) is 7.00. The maximum atomic E-state index is 6.20. The van der Waals surface area contributed by atoms with Crippen LogP contribution in [0.1, 0.15) is 31.9 Å². The lowest BCUT2D eigenvalue weighted by molar-refractivity contribution is 0.377. The summed E-state index contributed by atoms with van der Waals surface area (Å²) in [7, 11) is 3.30. The normalized spacial score (nSPS) is 13.5. The van der Waals surface area contributed by atoms with Crippen molar-refractivity contribution in [2.24, 2.45) is 11.7 Å². The monoisotopic (exact) mass is 259 g/mol. The Morgan fingerprint density at radius 2 is 1.88 bits per heavy atom. The van der Waals surface area contributed by atoms with Gasteiger partial charge in [0.15, 0.2) is 0 Å². The molecule has 4 heteroatoms. The fraction of sp³-hybridized carbons (Fsp3) is 0.538. The second-order valence-electron chi connectivity index (χ2n) is 4.02. The quantitative estimate of drug-likeness (QED) is 0.883. The summed E-state index contributed by atoms with van der Waals surface area (Å²) in [5, 5.41) is 0. The van der Waals surface area contributed by atoms with E-state index in [1.165, 1.54) is 0 Å². The summed E-state index contributed by atoms with van der Waals surface area (Å²) in [5.74, 6) is 2.02. The Bertz CT molecular complexity index is 344. The summed E-state index contributed by atoms with van der Waals surface area (Å²) in [6.07, 6.45) is 1.05. The van der Waals surface area contributed by atoms with Crippen molar-refractivity contribution in [3.8, 4) is 11.5 Å². The first kappa shape index (κ1) is 16.1. The lowest BCUT2D eigenvalue weighted by atomic mass is 9.92. The lowest BCUT2D eigenvalue weighted by Gasteiger charge is -2.21. The minimum Gasteiger partial charge on any atom is -0.497 e. The first-order chi connectivity index (χ1) is 7.63. The molecule has 0 aliphatic heterocycles. The molecule has 0 amide bonds. The molecule has 1 aromatic rings. The van der Waals surface area contributed by atoms with Gasteiger partial charge < -0.3 is 15.2 Å². The second-order valence-corrected chi connectivity index (χ2v) is 4.02. The van der Waals surface area contributed by atoms with E-state index in [-0.39, 0.29) is 18.4 Å². The zero-order chi connectivity index (χ0) is 12.1. The highest BCUT2D eigenvalue weighted by molar-refractivity contribution is 5.85. The van der Waals surface area contributed by atoms with Crippen molar-refractivity contribution in [1.29, 1.82) is 0 Å². The van der Waals surface area contributed by atoms with Crippen LogP contribution in [0.3, 0.4) is 0 Å². The van der Waals surface area contributed by atoms with E-state index in [1.54, 1.807) is 14.2 Å². The van der Waals surface area contributed by atoms with Crippen molar-refractivity contribution >= 4 is 12.4 Å². The summed E-state index contributed by atoms with van der Waals surface area (Å²) in [5.41, 5.74) is 7.24. The van der Waals surface area contributed by atoms with Crippen LogP contribution in [0.4, 0.5) is 0 Å². The van der Waals surface area contributed by atoms with Crippen molar-refractivity contribution in [1.82, 2.24) is 0 Å². The number of nitrogens with two attached hydrogens (primary N) is 1. The van der Waals surface area contributed by atoms with Gasteiger partial charge >= 0.3 is 0 Å². The van der Waals surface area contributed by atoms with Crippen molar-refractivity contribution in [2.45, 2.75) is 26.3 Å². The highest BCUT2D eigenvalue weighted by Gasteiger charge is 2.17. The summed E-state index contributed by atoms with van der Waals surface area (Å²) in [6, 6.07) is 5.78. The molecule has 0 aliphatic rings. The summed E-state index contributed by atoms with van der Waals surface area (Å²) in [4.78, 5) is 0. The van der Waals surface area contributed by atoms with Gasteiger partial charge in [-0.1, -0.05) is 26.3 Å². The van der Waals surface area contributed by atoms with Crippen LogP contribution in [0.5, 0.6) is 11.5 Å². The summed E-state index contributed by atoms with van der Waals surface area (Å²) in [6.45, 7) is 4.29. The molecular formula is C13H22ClNO2. The van der Waals surface area contributed by atoms with Crippen molar-refractivity contribution in [2.75, 3.05) is 14.2 Å². The molecule has 3 nitrogen and oxygen atoms in total. The maximum Gasteiger partial charge on any atom is 0.127 e. The Morgan fingerprint density at radius 1 is 1.24 bits per heavy atom. The fourth-order valence-electron chi connectivity index (χ4n) is 1.65. The van der Waals surface area contributed by atoms with Gasteiger partial charge in [-0.25, -0.2) is 0 Å². The molecular weight excluding hydrogens is 238 g/mol. The highest BCUT2D eigenvalue weighted by atomic mass is 35.5. The molecule has 0 aromatic heterocycles. The molecule has 0 saturated carbocycles. The topological polar surface area (TPSA) is 44.5 Å². The molecule has 2 N–H and O–H groups in total. The average molecular weight is 260 g/mol. The van der Waals surface area contributed by atoms with Crippen LogP contribution >= 0.6 is 12.4 Å². The lowest BCUT2D eigenvalue weighted by Crippen LogP contribution is -2.19. The maximum absolute atomic E-state index is 6.20. The third-order valence-corrected chi connectivity index (χ3v) is 3.06. The van der Waals surface area contributed by atoms with Crippen LogP contribution < -0.4 is 15.2 Å². The standard InChI is InChI=1S/C13H21NO2.ClH/c1-5-9(2)13(14)11-7-6-10(15-3)8-12(11)16-4;/h6-9,13H,5,14H2,1-4H3;1H/t9?,13-;/m0./s1. The minimum atomic E-state index is 0. The van der Waals surface area contributed by atoms with Crippen LogP contribution in [0.25, 0.3) is 0 Å². The molecule has 0 spiro atoms. The van der Waals surface area contributed by atoms with Gasteiger partial charge in [-0.3, -0.25) is 0 Å². The van der Waals surface area contributed by atoms with Gasteiger partial charge in [0.2, 0.25) is 0 Å². The van der Waals surface area contributed by atoms with Gasteiger partial charge in [0.05, 0.1) is 14.2 Å². The Morgan fingerprint density at radius 3 is 2.35 bits per heavy atom. The number of methoxy groups -OCH3 is 2. The highest BCUT2D eigenvalue weighted by Crippen LogP contribution is 2.32. The number of rotatable bonds is 5. The van der Waals surface area contributed by atoms with Gasteiger partial charge in [0.1, 0.15) is 11.5 Å². The number of ether oxygens (including phenoxy) is 2. The van der Waals surface area contributed by atoms with Crippen LogP contribution in [-0.2, 0) is 0 Å². The van der Waals surface area contributed by atoms with E-state index in [4.69, 9.17) is 15.2 Å². The van der Waals surface area contributed by atoms with Gasteiger partial charge in [0, 0.05) is 17.7 Å². The molecule has 0 radical (unpaired) electrons. The van der Waals surface area contributed by atoms with Crippen LogP contribution in [0.15, 0.2) is 18.2 Å². The predicted molar refractivity (Wildman–Crippen MR) is 73.2 cm³/mol. The first-order valence-electron chi connectivity index (χ1n) is 5.61. The van der Waals surface area contributed by atoms with E-state index in [2.05, 4.69) is 13.8 Å².